The van der Waals surface area contributed by atoms with E-state index in [4.69, 9.17) is 4.74 Å². The minimum absolute atomic E-state index is 0.0663. The summed E-state index contributed by atoms with van der Waals surface area (Å²) in [7, 11) is 0. The Morgan fingerprint density at radius 3 is 2.71 bits per heavy atom. The third-order valence-electron chi connectivity index (χ3n) is 6.97. The summed E-state index contributed by atoms with van der Waals surface area (Å²) in [5, 5.41) is 2.34. The van der Waals surface area contributed by atoms with Crippen molar-refractivity contribution in [3.63, 3.8) is 0 Å². The zero-order valence-electron chi connectivity index (χ0n) is 19.1. The van der Waals surface area contributed by atoms with E-state index < -0.39 is 11.9 Å². The zero-order chi connectivity index (χ0) is 23.9. The monoisotopic (exact) mass is 471 g/mol. The van der Waals surface area contributed by atoms with Gasteiger partial charge >= 0.3 is 0 Å². The van der Waals surface area contributed by atoms with Crippen molar-refractivity contribution >= 4 is 28.8 Å². The lowest BCUT2D eigenvalue weighted by molar-refractivity contribution is -0.136. The van der Waals surface area contributed by atoms with Gasteiger partial charge in [0, 0.05) is 50.6 Å². The molecule has 0 bridgehead atoms. The summed E-state index contributed by atoms with van der Waals surface area (Å²) < 4.78 is 6.27. The van der Waals surface area contributed by atoms with Gasteiger partial charge in [-0.3, -0.25) is 34.6 Å². The van der Waals surface area contributed by atoms with Gasteiger partial charge in [0.25, 0.3) is 5.91 Å². The van der Waals surface area contributed by atoms with Crippen LogP contribution in [0.15, 0.2) is 48.8 Å². The predicted octanol–water partition coefficient (Wildman–Crippen LogP) is 2.04. The van der Waals surface area contributed by atoms with E-state index in [9.17, 15) is 14.4 Å². The molecule has 9 heteroatoms. The molecular weight excluding hydrogens is 446 g/mol. The molecule has 0 spiro atoms. The highest BCUT2D eigenvalue weighted by atomic mass is 16.5. The van der Waals surface area contributed by atoms with Crippen LogP contribution in [0, 0.1) is 0 Å². The third-order valence-corrected chi connectivity index (χ3v) is 6.97. The molecule has 1 aromatic heterocycles. The van der Waals surface area contributed by atoms with Crippen LogP contribution in [0.3, 0.4) is 0 Å². The maximum Gasteiger partial charge on any atom is 0.255 e. The molecule has 2 saturated heterocycles. The molecule has 3 aromatic rings. The van der Waals surface area contributed by atoms with Gasteiger partial charge < -0.3 is 9.64 Å². The van der Waals surface area contributed by atoms with E-state index in [-0.39, 0.29) is 24.3 Å². The van der Waals surface area contributed by atoms with E-state index in [0.29, 0.717) is 18.5 Å². The standard InChI is InChI=1S/C26H25N5O4/c32-24-6-5-23(25(33)29-24)31-14-17-12-18(2-3-20(17)26(31)34)35-19-7-10-30(15-19)13-16-1-4-21-22(11-16)28-9-8-27-21/h1-4,8-9,11-12,19,23H,5-7,10,13-15H2,(H,29,32,33)/t19-,23?/m0/s1. The van der Waals surface area contributed by atoms with Crippen molar-refractivity contribution in [3.8, 4) is 5.75 Å². The molecule has 2 aromatic carbocycles. The van der Waals surface area contributed by atoms with Crippen LogP contribution in [0.4, 0.5) is 0 Å². The molecule has 2 fully saturated rings. The number of nitrogens with zero attached hydrogens (tertiary/aromatic N) is 4. The first kappa shape index (κ1) is 21.7. The highest BCUT2D eigenvalue weighted by molar-refractivity contribution is 6.05. The van der Waals surface area contributed by atoms with Gasteiger partial charge in [-0.15, -0.1) is 0 Å². The Morgan fingerprint density at radius 2 is 1.86 bits per heavy atom. The van der Waals surface area contributed by atoms with Crippen molar-refractivity contribution in [2.24, 2.45) is 0 Å². The van der Waals surface area contributed by atoms with E-state index in [1.54, 1.807) is 23.4 Å². The van der Waals surface area contributed by atoms with Gasteiger partial charge in [-0.25, -0.2) is 0 Å². The molecule has 2 atom stereocenters. The van der Waals surface area contributed by atoms with E-state index >= 15 is 0 Å². The number of imide groups is 1. The van der Waals surface area contributed by atoms with E-state index in [1.165, 1.54) is 5.56 Å². The number of carbonyl (C=O) groups is 3. The van der Waals surface area contributed by atoms with Crippen LogP contribution in [0.25, 0.3) is 11.0 Å². The van der Waals surface area contributed by atoms with Crippen molar-refractivity contribution in [1.29, 1.82) is 0 Å². The SMILES string of the molecule is O=C1CCC(N2Cc3cc(O[C@H]4CCN(Cc5ccc6nccnc6c5)C4)ccc3C2=O)C(=O)N1. The molecule has 178 valence electrons. The number of amides is 3. The number of rotatable bonds is 5. The Kier molecular flexibility index (Phi) is 5.41. The topological polar surface area (TPSA) is 105 Å². The molecule has 3 amide bonds. The number of piperidine rings is 1. The van der Waals surface area contributed by atoms with Gasteiger partial charge in [-0.05, 0) is 54.3 Å². The van der Waals surface area contributed by atoms with E-state index in [2.05, 4.69) is 32.3 Å². The van der Waals surface area contributed by atoms with Gasteiger partial charge in [0.15, 0.2) is 0 Å². The second-order valence-electron chi connectivity index (χ2n) is 9.36. The lowest BCUT2D eigenvalue weighted by atomic mass is 10.0. The van der Waals surface area contributed by atoms with E-state index in [1.807, 2.05) is 18.2 Å². The maximum absolute atomic E-state index is 12.9. The molecule has 1 unspecified atom stereocenters. The molecule has 35 heavy (non-hydrogen) atoms. The molecule has 9 nitrogen and oxygen atoms in total. The Morgan fingerprint density at radius 1 is 1.00 bits per heavy atom. The minimum Gasteiger partial charge on any atom is -0.489 e. The van der Waals surface area contributed by atoms with Crippen molar-refractivity contribution in [2.45, 2.75) is 44.5 Å². The average molecular weight is 472 g/mol. The third kappa shape index (κ3) is 4.23. The van der Waals surface area contributed by atoms with Gasteiger partial charge in [0.05, 0.1) is 11.0 Å². The van der Waals surface area contributed by atoms with Crippen LogP contribution in [0.2, 0.25) is 0 Å². The number of likely N-dealkylation sites (tertiary alicyclic amines) is 1. The summed E-state index contributed by atoms with van der Waals surface area (Å²) in [4.78, 5) is 49.2. The molecular formula is C26H25N5O4. The van der Waals surface area contributed by atoms with Crippen molar-refractivity contribution in [1.82, 2.24) is 25.1 Å². The van der Waals surface area contributed by atoms with Gasteiger partial charge in [0.2, 0.25) is 11.8 Å². The fourth-order valence-corrected chi connectivity index (χ4v) is 5.22. The second kappa shape index (κ2) is 8.74. The Hall–Kier alpha value is -3.85. The van der Waals surface area contributed by atoms with Crippen LogP contribution in [0.5, 0.6) is 5.75 Å². The quantitative estimate of drug-likeness (QED) is 0.568. The molecule has 6 rings (SSSR count). The van der Waals surface area contributed by atoms with Crippen LogP contribution < -0.4 is 10.1 Å². The van der Waals surface area contributed by atoms with Gasteiger partial charge in [-0.1, -0.05) is 6.07 Å². The second-order valence-corrected chi connectivity index (χ2v) is 9.36. The average Bonchev–Trinajstić information content (AvgIpc) is 3.42. The number of benzene rings is 2. The van der Waals surface area contributed by atoms with Gasteiger partial charge in [0.1, 0.15) is 17.9 Å². The number of ether oxygens (including phenoxy) is 1. The molecule has 0 saturated carbocycles. The summed E-state index contributed by atoms with van der Waals surface area (Å²) in [6, 6.07) is 11.1. The number of nitrogens with one attached hydrogen (secondary N) is 1. The summed E-state index contributed by atoms with van der Waals surface area (Å²) in [6.07, 6.45) is 5.00. The van der Waals surface area contributed by atoms with Crippen LogP contribution in [-0.4, -0.2) is 62.7 Å². The number of fused-ring (bicyclic) bond motifs is 2. The highest BCUT2D eigenvalue weighted by Crippen LogP contribution is 2.31. The summed E-state index contributed by atoms with van der Waals surface area (Å²) in [5.41, 5.74) is 4.43. The number of carbonyl (C=O) groups excluding carboxylic acids is 3. The van der Waals surface area contributed by atoms with Crippen molar-refractivity contribution in [3.05, 3.63) is 65.5 Å². The van der Waals surface area contributed by atoms with Gasteiger partial charge in [-0.2, -0.15) is 0 Å². The zero-order valence-corrected chi connectivity index (χ0v) is 19.1. The largest absolute Gasteiger partial charge is 0.489 e. The number of aromatic nitrogens is 2. The fraction of sp³-hybridized carbons (Fsp3) is 0.346. The minimum atomic E-state index is -0.610. The number of hydrogen-bond donors (Lipinski definition) is 1. The number of hydrogen-bond acceptors (Lipinski definition) is 7. The van der Waals surface area contributed by atoms with E-state index in [0.717, 1.165) is 48.4 Å². The predicted molar refractivity (Wildman–Crippen MR) is 126 cm³/mol. The Balaban J connectivity index is 1.08. The maximum atomic E-state index is 12.9. The smallest absolute Gasteiger partial charge is 0.255 e. The van der Waals surface area contributed by atoms with Crippen LogP contribution in [0.1, 0.15) is 40.7 Å². The summed E-state index contributed by atoms with van der Waals surface area (Å²) in [6.45, 7) is 2.93. The van der Waals surface area contributed by atoms with Crippen molar-refractivity contribution < 1.29 is 19.1 Å². The lowest BCUT2D eigenvalue weighted by Gasteiger charge is -2.29. The first-order chi connectivity index (χ1) is 17.0. The van der Waals surface area contributed by atoms with Crippen LogP contribution in [-0.2, 0) is 22.7 Å². The molecule has 0 radical (unpaired) electrons. The first-order valence-electron chi connectivity index (χ1n) is 11.9. The van der Waals surface area contributed by atoms with Crippen LogP contribution >= 0.6 is 0 Å². The Bertz CT molecular complexity index is 1340. The molecule has 0 aliphatic carbocycles. The summed E-state index contributed by atoms with van der Waals surface area (Å²) in [5.74, 6) is -0.128. The normalized spacial score (nSPS) is 22.5. The van der Waals surface area contributed by atoms with Crippen molar-refractivity contribution in [2.75, 3.05) is 13.1 Å². The molecule has 4 heterocycles. The first-order valence-corrected chi connectivity index (χ1v) is 11.9. The fourth-order valence-electron chi connectivity index (χ4n) is 5.22. The summed E-state index contributed by atoms with van der Waals surface area (Å²) >= 11 is 0. The molecule has 3 aliphatic rings. The highest BCUT2D eigenvalue weighted by Gasteiger charge is 2.39. The Labute approximate surface area is 202 Å². The molecule has 3 aliphatic heterocycles. The molecule has 1 N–H and O–H groups in total. The lowest BCUT2D eigenvalue weighted by Crippen LogP contribution is -2.52.